The number of ketones is 1. The summed E-state index contributed by atoms with van der Waals surface area (Å²) in [6, 6.07) is 5.73. The number of sulfone groups is 1. The Bertz CT molecular complexity index is 935. The summed E-state index contributed by atoms with van der Waals surface area (Å²) >= 11 is 1.36. The summed E-state index contributed by atoms with van der Waals surface area (Å²) in [6.45, 7) is 4.02. The van der Waals surface area contributed by atoms with Crippen molar-refractivity contribution in [1.82, 2.24) is 14.8 Å². The van der Waals surface area contributed by atoms with Gasteiger partial charge < -0.3 is 4.57 Å². The maximum absolute atomic E-state index is 12.4. The summed E-state index contributed by atoms with van der Waals surface area (Å²) < 4.78 is 25.1. The molecule has 2 heterocycles. The van der Waals surface area contributed by atoms with Crippen LogP contribution in [0, 0.1) is 19.8 Å². The standard InChI is InChI=1S/C18H23N3O3S2/c1-12-4-5-15(8-13(12)2)16(22)10-25-18-20-19-17(21(18)3)9-14-6-7-26(23,24)11-14/h4-5,8,14H,6-7,9-11H2,1-3H3/t14-/m1/s1. The lowest BCUT2D eigenvalue weighted by Crippen LogP contribution is -2.11. The van der Waals surface area contributed by atoms with Gasteiger partial charge >= 0.3 is 0 Å². The fourth-order valence-electron chi connectivity index (χ4n) is 3.07. The maximum atomic E-state index is 12.4. The Morgan fingerprint density at radius 2 is 2.04 bits per heavy atom. The van der Waals surface area contributed by atoms with Crippen molar-refractivity contribution in [2.45, 2.75) is 31.8 Å². The molecule has 0 unspecified atom stereocenters. The molecule has 1 aliphatic rings. The molecule has 140 valence electrons. The average molecular weight is 394 g/mol. The van der Waals surface area contributed by atoms with Crippen molar-refractivity contribution in [3.63, 3.8) is 0 Å². The van der Waals surface area contributed by atoms with Crippen LogP contribution < -0.4 is 0 Å². The van der Waals surface area contributed by atoms with Gasteiger partial charge in [0.05, 0.1) is 17.3 Å². The Hall–Kier alpha value is -1.67. The van der Waals surface area contributed by atoms with Gasteiger partial charge in [-0.15, -0.1) is 10.2 Å². The topological polar surface area (TPSA) is 81.9 Å². The lowest BCUT2D eigenvalue weighted by atomic mass is 10.0. The highest BCUT2D eigenvalue weighted by Gasteiger charge is 2.29. The van der Waals surface area contributed by atoms with Crippen molar-refractivity contribution in [1.29, 1.82) is 0 Å². The first kappa shape index (κ1) is 19.1. The second-order valence-corrected chi connectivity index (χ2v) is 10.1. The van der Waals surface area contributed by atoms with E-state index in [1.165, 1.54) is 17.3 Å². The molecule has 3 rings (SSSR count). The molecule has 8 heteroatoms. The molecule has 0 aliphatic carbocycles. The van der Waals surface area contributed by atoms with Gasteiger partial charge in [-0.05, 0) is 43.4 Å². The van der Waals surface area contributed by atoms with Crippen LogP contribution in [0.2, 0.25) is 0 Å². The smallest absolute Gasteiger partial charge is 0.191 e. The molecule has 26 heavy (non-hydrogen) atoms. The molecule has 1 aromatic carbocycles. The van der Waals surface area contributed by atoms with Gasteiger partial charge in [0, 0.05) is 19.0 Å². The third kappa shape index (κ3) is 4.35. The minimum Gasteiger partial charge on any atom is -0.309 e. The van der Waals surface area contributed by atoms with E-state index in [0.29, 0.717) is 29.3 Å². The zero-order valence-electron chi connectivity index (χ0n) is 15.2. The Morgan fingerprint density at radius 3 is 2.69 bits per heavy atom. The molecule has 0 bridgehead atoms. The third-order valence-electron chi connectivity index (χ3n) is 4.88. The molecule has 0 spiro atoms. The molecule has 0 radical (unpaired) electrons. The van der Waals surface area contributed by atoms with Gasteiger partial charge in [0.2, 0.25) is 0 Å². The molecule has 1 saturated heterocycles. The van der Waals surface area contributed by atoms with E-state index < -0.39 is 9.84 Å². The van der Waals surface area contributed by atoms with E-state index in [0.717, 1.165) is 11.4 Å². The Balaban J connectivity index is 1.61. The van der Waals surface area contributed by atoms with Gasteiger partial charge in [-0.1, -0.05) is 23.9 Å². The van der Waals surface area contributed by atoms with Crippen molar-refractivity contribution in [3.05, 3.63) is 40.7 Å². The second-order valence-electron chi connectivity index (χ2n) is 6.94. The van der Waals surface area contributed by atoms with Crippen LogP contribution in [-0.2, 0) is 23.3 Å². The number of thioether (sulfide) groups is 1. The van der Waals surface area contributed by atoms with Crippen molar-refractivity contribution in [2.75, 3.05) is 17.3 Å². The summed E-state index contributed by atoms with van der Waals surface area (Å²) in [6.07, 6.45) is 1.29. The Morgan fingerprint density at radius 1 is 1.27 bits per heavy atom. The largest absolute Gasteiger partial charge is 0.309 e. The van der Waals surface area contributed by atoms with Gasteiger partial charge in [0.25, 0.3) is 0 Å². The zero-order valence-corrected chi connectivity index (χ0v) is 16.9. The minimum absolute atomic E-state index is 0.0598. The van der Waals surface area contributed by atoms with Crippen molar-refractivity contribution in [2.24, 2.45) is 13.0 Å². The molecule has 1 aliphatic heterocycles. The molecule has 0 N–H and O–H groups in total. The predicted molar refractivity (Wildman–Crippen MR) is 102 cm³/mol. The van der Waals surface area contributed by atoms with Crippen LogP contribution in [0.3, 0.4) is 0 Å². The van der Waals surface area contributed by atoms with Crippen molar-refractivity contribution >= 4 is 27.4 Å². The highest BCUT2D eigenvalue weighted by Crippen LogP contribution is 2.24. The van der Waals surface area contributed by atoms with Crippen LogP contribution in [0.15, 0.2) is 23.4 Å². The zero-order chi connectivity index (χ0) is 18.9. The highest BCUT2D eigenvalue weighted by molar-refractivity contribution is 7.99. The summed E-state index contributed by atoms with van der Waals surface area (Å²) in [4.78, 5) is 12.4. The van der Waals surface area contributed by atoms with Crippen molar-refractivity contribution in [3.8, 4) is 0 Å². The number of carbonyl (C=O) groups excluding carboxylic acids is 1. The number of benzene rings is 1. The molecule has 1 fully saturated rings. The number of rotatable bonds is 6. The van der Waals surface area contributed by atoms with E-state index >= 15 is 0 Å². The number of aryl methyl sites for hydroxylation is 2. The molecule has 6 nitrogen and oxygen atoms in total. The third-order valence-corrected chi connectivity index (χ3v) is 7.74. The monoisotopic (exact) mass is 393 g/mol. The van der Waals surface area contributed by atoms with Gasteiger partial charge in [0.15, 0.2) is 20.8 Å². The summed E-state index contributed by atoms with van der Waals surface area (Å²) in [5.74, 6) is 1.73. The first-order chi connectivity index (χ1) is 12.2. The Labute approximate surface area is 158 Å². The molecule has 1 aromatic heterocycles. The highest BCUT2D eigenvalue weighted by atomic mass is 32.2. The molecular weight excluding hydrogens is 370 g/mol. The lowest BCUT2D eigenvalue weighted by molar-refractivity contribution is 0.102. The van der Waals surface area contributed by atoms with Gasteiger partial charge in [-0.2, -0.15) is 0 Å². The second kappa shape index (κ2) is 7.52. The van der Waals surface area contributed by atoms with Crippen LogP contribution in [0.5, 0.6) is 0 Å². The van der Waals surface area contributed by atoms with E-state index in [9.17, 15) is 13.2 Å². The summed E-state index contributed by atoms with van der Waals surface area (Å²) in [7, 11) is -1.02. The molecular formula is C18H23N3O3S2. The summed E-state index contributed by atoms with van der Waals surface area (Å²) in [5.41, 5.74) is 2.98. The fraction of sp³-hybridized carbons (Fsp3) is 0.500. The van der Waals surface area contributed by atoms with E-state index in [-0.39, 0.29) is 23.2 Å². The Kier molecular flexibility index (Phi) is 5.53. The van der Waals surface area contributed by atoms with E-state index in [1.54, 1.807) is 0 Å². The number of nitrogens with zero attached hydrogens (tertiary/aromatic N) is 3. The first-order valence-corrected chi connectivity index (χ1v) is 11.4. The van der Waals surface area contributed by atoms with E-state index in [1.807, 2.05) is 43.7 Å². The minimum atomic E-state index is -2.89. The SMILES string of the molecule is Cc1ccc(C(=O)CSc2nnc(C[C@H]3CCS(=O)(=O)C3)n2C)cc1C. The number of hydrogen-bond donors (Lipinski definition) is 0. The quantitative estimate of drug-likeness (QED) is 0.554. The number of carbonyl (C=O) groups is 1. The molecule has 0 amide bonds. The number of aromatic nitrogens is 3. The summed E-state index contributed by atoms with van der Waals surface area (Å²) in [5, 5.41) is 9.03. The number of hydrogen-bond acceptors (Lipinski definition) is 6. The molecule has 0 saturated carbocycles. The lowest BCUT2D eigenvalue weighted by Gasteiger charge is -2.08. The molecule has 2 aromatic rings. The molecule has 1 atom stereocenters. The van der Waals surface area contributed by atoms with Crippen LogP contribution in [-0.4, -0.2) is 46.2 Å². The van der Waals surface area contributed by atoms with Crippen LogP contribution >= 0.6 is 11.8 Å². The van der Waals surface area contributed by atoms with Crippen LogP contribution in [0.1, 0.15) is 33.7 Å². The van der Waals surface area contributed by atoms with E-state index in [2.05, 4.69) is 10.2 Å². The van der Waals surface area contributed by atoms with Gasteiger partial charge in [0.1, 0.15) is 5.82 Å². The average Bonchev–Trinajstić information content (AvgIpc) is 3.10. The van der Waals surface area contributed by atoms with Crippen LogP contribution in [0.25, 0.3) is 0 Å². The maximum Gasteiger partial charge on any atom is 0.191 e. The van der Waals surface area contributed by atoms with Crippen LogP contribution in [0.4, 0.5) is 0 Å². The van der Waals surface area contributed by atoms with Gasteiger partial charge in [-0.25, -0.2) is 8.42 Å². The first-order valence-electron chi connectivity index (χ1n) is 8.57. The number of Topliss-reactive ketones (excluding diaryl/α,β-unsaturated/α-hetero) is 1. The van der Waals surface area contributed by atoms with E-state index in [4.69, 9.17) is 0 Å². The normalized spacial score (nSPS) is 19.0. The fourth-order valence-corrected chi connectivity index (χ4v) is 5.75. The van der Waals surface area contributed by atoms with Crippen molar-refractivity contribution < 1.29 is 13.2 Å². The van der Waals surface area contributed by atoms with Gasteiger partial charge in [-0.3, -0.25) is 4.79 Å². The predicted octanol–water partition coefficient (Wildman–Crippen LogP) is 2.38.